The summed E-state index contributed by atoms with van der Waals surface area (Å²) in [5.41, 5.74) is 1.52. The number of aromatic nitrogens is 4. The minimum Gasteiger partial charge on any atom is -0.387 e. The molecule has 34 heavy (non-hydrogen) atoms. The number of hydrogen-bond acceptors (Lipinski definition) is 10. The fraction of sp³-hybridized carbons (Fsp3) is 0.409. The van der Waals surface area contributed by atoms with E-state index in [2.05, 4.69) is 20.4 Å². The lowest BCUT2D eigenvalue weighted by molar-refractivity contribution is -0.0318. The molecule has 0 unspecified atom stereocenters. The second-order valence-electron chi connectivity index (χ2n) is 7.58. The third kappa shape index (κ3) is 5.20. The van der Waals surface area contributed by atoms with E-state index in [1.54, 1.807) is 20.0 Å². The number of ether oxygens (including phenoxy) is 1. The van der Waals surface area contributed by atoms with Crippen molar-refractivity contribution >= 4 is 24.4 Å². The molecular weight excluding hydrogens is 461 g/mol. The van der Waals surface area contributed by atoms with Gasteiger partial charge in [0.2, 0.25) is 0 Å². The first-order valence-electron chi connectivity index (χ1n) is 11.0. The molecule has 3 N–H and O–H groups in total. The molecule has 11 nitrogen and oxygen atoms in total. The zero-order chi connectivity index (χ0) is 24.1. The van der Waals surface area contributed by atoms with Gasteiger partial charge in [-0.1, -0.05) is 30.3 Å². The van der Waals surface area contributed by atoms with Crippen LogP contribution in [0.1, 0.15) is 25.6 Å². The summed E-state index contributed by atoms with van der Waals surface area (Å²) in [6.45, 7) is 4.36. The van der Waals surface area contributed by atoms with E-state index >= 15 is 0 Å². The van der Waals surface area contributed by atoms with Crippen molar-refractivity contribution in [2.75, 3.05) is 18.5 Å². The third-order valence-electron chi connectivity index (χ3n) is 5.29. The standard InChI is InChI=1S/C22H28N5O6P/c1-3-31-34(30,32-4-2)11-10-17-18(28)19(29)22(33-17)27-21-16(13-26-27)20(24-14-25-21)23-12-15-8-6-5-7-9-15/h5-11,13-14,17-19,22,28-29H,3-4,12H2,1-2H3,(H,23,24,25)/b11-10+/t17-,18-,19-,22-/m1/s1. The molecular formula is C22H28N5O6P. The number of rotatable bonds is 10. The predicted octanol–water partition coefficient (Wildman–Crippen LogP) is 2.84. The van der Waals surface area contributed by atoms with E-state index in [0.717, 1.165) is 5.56 Å². The van der Waals surface area contributed by atoms with Gasteiger partial charge >= 0.3 is 7.60 Å². The van der Waals surface area contributed by atoms with Crippen LogP contribution in [-0.2, 0) is 24.9 Å². The maximum absolute atomic E-state index is 12.7. The highest BCUT2D eigenvalue weighted by Gasteiger charge is 2.44. The number of aliphatic hydroxyl groups excluding tert-OH is 2. The highest BCUT2D eigenvalue weighted by atomic mass is 31.2. The van der Waals surface area contributed by atoms with E-state index in [0.29, 0.717) is 23.4 Å². The van der Waals surface area contributed by atoms with E-state index in [4.69, 9.17) is 13.8 Å². The van der Waals surface area contributed by atoms with Crippen molar-refractivity contribution < 1.29 is 28.6 Å². The summed E-state index contributed by atoms with van der Waals surface area (Å²) in [6, 6.07) is 9.88. The molecule has 1 aromatic carbocycles. The van der Waals surface area contributed by atoms with Crippen molar-refractivity contribution in [3.63, 3.8) is 0 Å². The molecule has 1 saturated heterocycles. The highest BCUT2D eigenvalue weighted by Crippen LogP contribution is 2.50. The Morgan fingerprint density at radius 2 is 1.88 bits per heavy atom. The van der Waals surface area contributed by atoms with Crippen LogP contribution in [0.2, 0.25) is 0 Å². The molecule has 1 fully saturated rings. The number of nitrogens with zero attached hydrogens (tertiary/aromatic N) is 4. The van der Waals surface area contributed by atoms with Gasteiger partial charge in [0.15, 0.2) is 11.9 Å². The van der Waals surface area contributed by atoms with Crippen LogP contribution in [0.25, 0.3) is 11.0 Å². The average Bonchev–Trinajstić information content (AvgIpc) is 3.39. The van der Waals surface area contributed by atoms with Gasteiger partial charge < -0.3 is 29.3 Å². The Kier molecular flexibility index (Phi) is 7.72. The third-order valence-corrected chi connectivity index (χ3v) is 7.06. The van der Waals surface area contributed by atoms with Crippen LogP contribution in [0.3, 0.4) is 0 Å². The van der Waals surface area contributed by atoms with Crippen molar-refractivity contribution in [2.24, 2.45) is 0 Å². The molecule has 1 aliphatic rings. The summed E-state index contributed by atoms with van der Waals surface area (Å²) in [7, 11) is -3.48. The second kappa shape index (κ2) is 10.7. The monoisotopic (exact) mass is 489 g/mol. The van der Waals surface area contributed by atoms with Gasteiger partial charge in [0.1, 0.15) is 30.5 Å². The first-order valence-corrected chi connectivity index (χ1v) is 12.6. The lowest BCUT2D eigenvalue weighted by Gasteiger charge is -2.15. The molecule has 1 aliphatic heterocycles. The van der Waals surface area contributed by atoms with E-state index < -0.39 is 32.1 Å². The highest BCUT2D eigenvalue weighted by molar-refractivity contribution is 7.57. The molecule has 182 valence electrons. The minimum atomic E-state index is -3.48. The van der Waals surface area contributed by atoms with Crippen LogP contribution >= 0.6 is 7.60 Å². The molecule has 0 spiro atoms. The summed E-state index contributed by atoms with van der Waals surface area (Å²) < 4.78 is 30.4. The fourth-order valence-electron chi connectivity index (χ4n) is 3.69. The summed E-state index contributed by atoms with van der Waals surface area (Å²) in [5.74, 6) is 1.83. The van der Waals surface area contributed by atoms with Crippen LogP contribution in [0.5, 0.6) is 0 Å². The number of anilines is 1. The fourth-order valence-corrected chi connectivity index (χ4v) is 5.04. The predicted molar refractivity (Wildman–Crippen MR) is 125 cm³/mol. The second-order valence-corrected chi connectivity index (χ2v) is 9.47. The Labute approximate surface area is 196 Å². The van der Waals surface area contributed by atoms with Crippen molar-refractivity contribution in [3.8, 4) is 0 Å². The van der Waals surface area contributed by atoms with E-state index in [1.165, 1.54) is 22.9 Å². The Morgan fingerprint density at radius 3 is 2.59 bits per heavy atom. The number of fused-ring (bicyclic) bond motifs is 1. The molecule has 4 atom stereocenters. The van der Waals surface area contributed by atoms with Gasteiger partial charge in [-0.05, 0) is 25.5 Å². The van der Waals surface area contributed by atoms with Gasteiger partial charge in [-0.3, -0.25) is 4.57 Å². The lowest BCUT2D eigenvalue weighted by atomic mass is 10.1. The first-order chi connectivity index (χ1) is 16.5. The molecule has 12 heteroatoms. The average molecular weight is 489 g/mol. The quantitative estimate of drug-likeness (QED) is 0.364. The molecule has 0 bridgehead atoms. The van der Waals surface area contributed by atoms with Crippen LogP contribution in [0, 0.1) is 0 Å². The van der Waals surface area contributed by atoms with Gasteiger partial charge in [0, 0.05) is 12.4 Å². The zero-order valence-electron chi connectivity index (χ0n) is 18.9. The Bertz CT molecular complexity index is 1160. The smallest absolute Gasteiger partial charge is 0.353 e. The van der Waals surface area contributed by atoms with Crippen molar-refractivity contribution in [1.29, 1.82) is 0 Å². The van der Waals surface area contributed by atoms with Crippen LogP contribution in [-0.4, -0.2) is 61.5 Å². The lowest BCUT2D eigenvalue weighted by Crippen LogP contribution is -2.31. The van der Waals surface area contributed by atoms with Gasteiger partial charge in [-0.15, -0.1) is 0 Å². The van der Waals surface area contributed by atoms with E-state index in [-0.39, 0.29) is 13.2 Å². The summed E-state index contributed by atoms with van der Waals surface area (Å²) in [6.07, 6.45) is -0.200. The molecule has 2 aromatic heterocycles. The maximum Gasteiger partial charge on any atom is 0.353 e. The van der Waals surface area contributed by atoms with Crippen molar-refractivity contribution in [1.82, 2.24) is 19.7 Å². The maximum atomic E-state index is 12.7. The number of nitrogens with one attached hydrogen (secondary N) is 1. The SMILES string of the molecule is CCOP(=O)(/C=C/[C@H]1O[C@@H](n2ncc3c(NCc4ccccc4)ncnc32)[C@H](O)[C@@H]1O)OCC. The van der Waals surface area contributed by atoms with Crippen LogP contribution in [0.15, 0.2) is 54.7 Å². The summed E-state index contributed by atoms with van der Waals surface area (Å²) in [5, 5.41) is 29.4. The Hall–Kier alpha value is -2.66. The largest absolute Gasteiger partial charge is 0.387 e. The molecule has 0 radical (unpaired) electrons. The number of hydrogen-bond donors (Lipinski definition) is 3. The zero-order valence-corrected chi connectivity index (χ0v) is 19.8. The molecule has 4 rings (SSSR count). The van der Waals surface area contributed by atoms with Gasteiger partial charge in [0.05, 0.1) is 24.8 Å². The Balaban J connectivity index is 1.54. The topological polar surface area (TPSA) is 141 Å². The molecule has 3 heterocycles. The minimum absolute atomic E-state index is 0.195. The first kappa shape index (κ1) is 24.5. The van der Waals surface area contributed by atoms with Crippen molar-refractivity contribution in [3.05, 3.63) is 60.3 Å². The Morgan fingerprint density at radius 1 is 1.15 bits per heavy atom. The van der Waals surface area contributed by atoms with E-state index in [9.17, 15) is 14.8 Å². The number of aliphatic hydroxyl groups is 2. The molecule has 0 saturated carbocycles. The molecule has 0 amide bonds. The van der Waals surface area contributed by atoms with Crippen LogP contribution in [0.4, 0.5) is 5.82 Å². The normalized spacial score (nSPS) is 23.2. The summed E-state index contributed by atoms with van der Waals surface area (Å²) in [4.78, 5) is 8.60. The van der Waals surface area contributed by atoms with Crippen LogP contribution < -0.4 is 5.32 Å². The molecule has 3 aromatic rings. The summed E-state index contributed by atoms with van der Waals surface area (Å²) >= 11 is 0. The van der Waals surface area contributed by atoms with Gasteiger partial charge in [-0.25, -0.2) is 14.6 Å². The van der Waals surface area contributed by atoms with Crippen molar-refractivity contribution in [2.45, 2.75) is 44.9 Å². The molecule has 0 aliphatic carbocycles. The van der Waals surface area contributed by atoms with Gasteiger partial charge in [-0.2, -0.15) is 5.10 Å². The van der Waals surface area contributed by atoms with E-state index in [1.807, 2.05) is 30.3 Å². The van der Waals surface area contributed by atoms with Gasteiger partial charge in [0.25, 0.3) is 0 Å². The number of benzene rings is 1.